The van der Waals surface area contributed by atoms with Crippen molar-refractivity contribution < 1.29 is 14.2 Å². The van der Waals surface area contributed by atoms with Gasteiger partial charge < -0.3 is 9.84 Å². The van der Waals surface area contributed by atoms with Crippen molar-refractivity contribution in [3.05, 3.63) is 81.6 Å². The highest BCUT2D eigenvalue weighted by molar-refractivity contribution is 7.14. The number of halogens is 1. The Labute approximate surface area is 186 Å². The Hall–Kier alpha value is -3.23. The Bertz CT molecular complexity index is 1240. The van der Waals surface area contributed by atoms with E-state index >= 15 is 0 Å². The number of nitrogens with zero attached hydrogens (tertiary/aromatic N) is 3. The molecule has 5 rings (SSSR count). The number of phenols is 1. The number of hydrogen-bond acceptors (Lipinski definition) is 7. The molecule has 8 heteroatoms. The summed E-state index contributed by atoms with van der Waals surface area (Å²) in [5, 5.41) is 21.8. The second-order valence-electron chi connectivity index (χ2n) is 7.04. The third kappa shape index (κ3) is 3.80. The SMILES string of the molecule is COc1ccc(-c2csc(N3N=C(c4cccs4)C[C@H]3c3ccc(F)cc3)n2)c(O)c1. The maximum Gasteiger partial charge on any atom is 0.207 e. The van der Waals surface area contributed by atoms with Gasteiger partial charge in [-0.25, -0.2) is 14.4 Å². The molecule has 3 heterocycles. The summed E-state index contributed by atoms with van der Waals surface area (Å²) in [5.74, 6) is 0.424. The minimum atomic E-state index is -0.265. The summed E-state index contributed by atoms with van der Waals surface area (Å²) in [6.45, 7) is 0. The lowest BCUT2D eigenvalue weighted by Crippen LogP contribution is -2.18. The van der Waals surface area contributed by atoms with Crippen molar-refractivity contribution in [2.75, 3.05) is 12.1 Å². The third-order valence-electron chi connectivity index (χ3n) is 5.14. The summed E-state index contributed by atoms with van der Waals surface area (Å²) in [6.07, 6.45) is 0.703. The first kappa shape index (κ1) is 19.7. The van der Waals surface area contributed by atoms with Gasteiger partial charge in [0.15, 0.2) is 0 Å². The standard InChI is InChI=1S/C23H18FN3O2S2/c1-29-16-8-9-17(21(28)11-16)19-13-31-23(25-19)27-20(14-4-6-15(24)7-5-14)12-18(26-27)22-3-2-10-30-22/h2-11,13,20,28H,12H2,1H3/t20-/m0/s1. The molecule has 4 aromatic rings. The molecule has 31 heavy (non-hydrogen) atoms. The largest absolute Gasteiger partial charge is 0.507 e. The lowest BCUT2D eigenvalue weighted by Gasteiger charge is -2.21. The first-order valence-electron chi connectivity index (χ1n) is 9.61. The molecular formula is C23H18FN3O2S2. The van der Waals surface area contributed by atoms with Crippen molar-refractivity contribution in [3.8, 4) is 22.8 Å². The predicted octanol–water partition coefficient (Wildman–Crippen LogP) is 6.08. The van der Waals surface area contributed by atoms with E-state index < -0.39 is 0 Å². The van der Waals surface area contributed by atoms with Gasteiger partial charge in [-0.2, -0.15) is 5.10 Å². The highest BCUT2D eigenvalue weighted by Gasteiger charge is 2.32. The predicted molar refractivity (Wildman–Crippen MR) is 123 cm³/mol. The van der Waals surface area contributed by atoms with Crippen molar-refractivity contribution >= 4 is 33.5 Å². The van der Waals surface area contributed by atoms with Gasteiger partial charge in [0, 0.05) is 23.4 Å². The number of methoxy groups -OCH3 is 1. The number of aromatic hydroxyl groups is 1. The van der Waals surface area contributed by atoms with E-state index in [0.29, 0.717) is 28.6 Å². The Morgan fingerprint density at radius 1 is 1.13 bits per heavy atom. The van der Waals surface area contributed by atoms with Gasteiger partial charge in [0.2, 0.25) is 5.13 Å². The van der Waals surface area contributed by atoms with Crippen LogP contribution in [0.4, 0.5) is 9.52 Å². The normalized spacial score (nSPS) is 15.9. The number of hydrazone groups is 1. The molecule has 156 valence electrons. The van der Waals surface area contributed by atoms with Gasteiger partial charge in [-0.1, -0.05) is 18.2 Å². The number of anilines is 1. The molecule has 0 unspecified atom stereocenters. The summed E-state index contributed by atoms with van der Waals surface area (Å²) in [5.41, 5.74) is 3.25. The van der Waals surface area contributed by atoms with Gasteiger partial charge in [-0.15, -0.1) is 22.7 Å². The van der Waals surface area contributed by atoms with Crippen LogP contribution in [0.15, 0.2) is 70.5 Å². The summed E-state index contributed by atoms with van der Waals surface area (Å²) in [6, 6.07) is 15.7. The van der Waals surface area contributed by atoms with E-state index in [4.69, 9.17) is 14.8 Å². The lowest BCUT2D eigenvalue weighted by molar-refractivity contribution is 0.408. The Morgan fingerprint density at radius 2 is 1.97 bits per heavy atom. The number of thiazole rings is 1. The molecule has 0 radical (unpaired) electrons. The van der Waals surface area contributed by atoms with Gasteiger partial charge >= 0.3 is 0 Å². The topological polar surface area (TPSA) is 58.0 Å². The molecule has 0 spiro atoms. The fourth-order valence-corrected chi connectivity index (χ4v) is 5.12. The number of thiophene rings is 1. The zero-order chi connectivity index (χ0) is 21.4. The van der Waals surface area contributed by atoms with Gasteiger partial charge in [0.1, 0.15) is 17.3 Å². The van der Waals surface area contributed by atoms with Crippen LogP contribution in [0.25, 0.3) is 11.3 Å². The smallest absolute Gasteiger partial charge is 0.207 e. The van der Waals surface area contributed by atoms with Gasteiger partial charge in [0.25, 0.3) is 0 Å². The number of phenolic OH excluding ortho intramolecular Hbond substituents is 1. The molecule has 2 aromatic heterocycles. The van der Waals surface area contributed by atoms with Crippen molar-refractivity contribution in [2.24, 2.45) is 5.10 Å². The van der Waals surface area contributed by atoms with Crippen LogP contribution < -0.4 is 9.75 Å². The summed E-state index contributed by atoms with van der Waals surface area (Å²) in [7, 11) is 1.56. The molecule has 1 N–H and O–H groups in total. The fraction of sp³-hybridized carbons (Fsp3) is 0.130. The molecule has 0 aliphatic carbocycles. The van der Waals surface area contributed by atoms with Crippen molar-refractivity contribution in [3.63, 3.8) is 0 Å². The Balaban J connectivity index is 1.52. The van der Waals surface area contributed by atoms with Gasteiger partial charge in [0.05, 0.1) is 29.4 Å². The average Bonchev–Trinajstić information content (AvgIpc) is 3.53. The second-order valence-corrected chi connectivity index (χ2v) is 8.82. The van der Waals surface area contributed by atoms with E-state index in [0.717, 1.165) is 16.2 Å². The Kier molecular flexibility index (Phi) is 5.17. The molecule has 0 saturated heterocycles. The molecule has 0 bridgehead atoms. The quantitative estimate of drug-likeness (QED) is 0.399. The molecule has 0 amide bonds. The maximum atomic E-state index is 13.5. The van der Waals surface area contributed by atoms with Crippen LogP contribution in [0, 0.1) is 5.82 Å². The first-order valence-corrected chi connectivity index (χ1v) is 11.4. The molecule has 1 aliphatic heterocycles. The van der Waals surface area contributed by atoms with E-state index in [2.05, 4.69) is 6.07 Å². The molecule has 0 saturated carbocycles. The first-order chi connectivity index (χ1) is 15.1. The van der Waals surface area contributed by atoms with Crippen molar-refractivity contribution in [1.29, 1.82) is 0 Å². The van der Waals surface area contributed by atoms with Crippen LogP contribution in [-0.2, 0) is 0 Å². The molecular weight excluding hydrogens is 433 g/mol. The van der Waals surface area contributed by atoms with Crippen LogP contribution in [-0.4, -0.2) is 22.9 Å². The monoisotopic (exact) mass is 451 g/mol. The van der Waals surface area contributed by atoms with Crippen LogP contribution in [0.1, 0.15) is 22.9 Å². The number of ether oxygens (including phenoxy) is 1. The van der Waals surface area contributed by atoms with Crippen LogP contribution in [0.2, 0.25) is 0 Å². The minimum Gasteiger partial charge on any atom is -0.507 e. The highest BCUT2D eigenvalue weighted by atomic mass is 32.1. The van der Waals surface area contributed by atoms with Crippen molar-refractivity contribution in [2.45, 2.75) is 12.5 Å². The molecule has 1 atom stereocenters. The van der Waals surface area contributed by atoms with E-state index in [1.165, 1.54) is 23.5 Å². The minimum absolute atomic E-state index is 0.0823. The number of rotatable bonds is 5. The third-order valence-corrected chi connectivity index (χ3v) is 6.89. The van der Waals surface area contributed by atoms with E-state index in [9.17, 15) is 9.50 Å². The van der Waals surface area contributed by atoms with Crippen LogP contribution in [0.3, 0.4) is 0 Å². The molecule has 0 fully saturated rings. The summed E-state index contributed by atoms with van der Waals surface area (Å²) >= 11 is 3.10. The van der Waals surface area contributed by atoms with Crippen LogP contribution in [0.5, 0.6) is 11.5 Å². The highest BCUT2D eigenvalue weighted by Crippen LogP contribution is 2.41. The molecule has 5 nitrogen and oxygen atoms in total. The van der Waals surface area contributed by atoms with Crippen molar-refractivity contribution in [1.82, 2.24) is 4.98 Å². The number of benzene rings is 2. The van der Waals surface area contributed by atoms with Gasteiger partial charge in [-0.3, -0.25) is 0 Å². The number of hydrogen-bond donors (Lipinski definition) is 1. The Morgan fingerprint density at radius 3 is 2.68 bits per heavy atom. The number of aromatic nitrogens is 1. The van der Waals surface area contributed by atoms with E-state index in [1.807, 2.05) is 21.8 Å². The van der Waals surface area contributed by atoms with E-state index in [1.54, 1.807) is 48.8 Å². The summed E-state index contributed by atoms with van der Waals surface area (Å²) < 4.78 is 18.7. The zero-order valence-electron chi connectivity index (χ0n) is 16.5. The average molecular weight is 452 g/mol. The molecule has 2 aromatic carbocycles. The zero-order valence-corrected chi connectivity index (χ0v) is 18.2. The second kappa shape index (κ2) is 8.13. The van der Waals surface area contributed by atoms with E-state index in [-0.39, 0.29) is 17.6 Å². The summed E-state index contributed by atoms with van der Waals surface area (Å²) in [4.78, 5) is 5.86. The fourth-order valence-electron chi connectivity index (χ4n) is 3.57. The van der Waals surface area contributed by atoms with Gasteiger partial charge in [-0.05, 0) is 41.3 Å². The van der Waals surface area contributed by atoms with Crippen LogP contribution >= 0.6 is 22.7 Å². The molecule has 1 aliphatic rings. The maximum absolute atomic E-state index is 13.5. The lowest BCUT2D eigenvalue weighted by atomic mass is 10.0.